The maximum atomic E-state index is 12.0. The molecule has 1 fully saturated rings. The van der Waals surface area contributed by atoms with E-state index in [1.54, 1.807) is 0 Å². The minimum Gasteiger partial charge on any atom is -0.404 e. The van der Waals surface area contributed by atoms with Crippen molar-refractivity contribution in [2.45, 2.75) is 24.6 Å². The minimum atomic E-state index is -4.75. The van der Waals surface area contributed by atoms with Gasteiger partial charge < -0.3 is 9.84 Å². The topological polar surface area (TPSA) is 29.5 Å². The first-order valence-electron chi connectivity index (χ1n) is 5.03. The Kier molecular flexibility index (Phi) is 2.99. The third-order valence-electron chi connectivity index (χ3n) is 2.93. The summed E-state index contributed by atoms with van der Waals surface area (Å²) in [7, 11) is 0. The van der Waals surface area contributed by atoms with Crippen molar-refractivity contribution < 1.29 is 23.0 Å². The van der Waals surface area contributed by atoms with Crippen LogP contribution in [0, 0.1) is 0 Å². The lowest BCUT2D eigenvalue weighted by molar-refractivity contribution is -0.274. The third-order valence-corrected chi connectivity index (χ3v) is 3.22. The van der Waals surface area contributed by atoms with Crippen LogP contribution in [-0.2, 0) is 5.41 Å². The molecule has 1 aromatic carbocycles. The van der Waals surface area contributed by atoms with Crippen LogP contribution in [0.15, 0.2) is 18.2 Å². The molecule has 0 aliphatic heterocycles. The first-order chi connectivity index (χ1) is 7.86. The zero-order valence-corrected chi connectivity index (χ0v) is 9.48. The Morgan fingerprint density at radius 2 is 2.00 bits per heavy atom. The van der Waals surface area contributed by atoms with Gasteiger partial charge in [-0.05, 0) is 30.5 Å². The third kappa shape index (κ3) is 2.66. The second-order valence-electron chi connectivity index (χ2n) is 4.13. The van der Waals surface area contributed by atoms with Gasteiger partial charge in [-0.1, -0.05) is 17.7 Å². The summed E-state index contributed by atoms with van der Waals surface area (Å²) in [6.45, 7) is -0.0250. The van der Waals surface area contributed by atoms with Crippen LogP contribution in [-0.4, -0.2) is 18.1 Å². The Morgan fingerprint density at radius 3 is 2.41 bits per heavy atom. The number of hydrogen-bond donors (Lipinski definition) is 1. The lowest BCUT2D eigenvalue weighted by Crippen LogP contribution is -2.18. The summed E-state index contributed by atoms with van der Waals surface area (Å²) >= 11 is 5.72. The maximum absolute atomic E-state index is 12.0. The van der Waals surface area contributed by atoms with Gasteiger partial charge in [0, 0.05) is 5.41 Å². The average Bonchev–Trinajstić information content (AvgIpc) is 3.00. The number of halogens is 4. The molecule has 0 aromatic heterocycles. The van der Waals surface area contributed by atoms with Crippen molar-refractivity contribution in [3.63, 3.8) is 0 Å². The SMILES string of the molecule is OCC1(c2ccc(OC(F)(F)F)c(Cl)c2)CC1. The van der Waals surface area contributed by atoms with Gasteiger partial charge in [-0.2, -0.15) is 0 Å². The lowest BCUT2D eigenvalue weighted by atomic mass is 9.97. The number of alkyl halides is 3. The number of rotatable bonds is 3. The van der Waals surface area contributed by atoms with Crippen molar-refractivity contribution in [3.05, 3.63) is 28.8 Å². The van der Waals surface area contributed by atoms with Gasteiger partial charge in [-0.15, -0.1) is 13.2 Å². The predicted octanol–water partition coefficient (Wildman–Crippen LogP) is 3.26. The molecule has 0 saturated heterocycles. The van der Waals surface area contributed by atoms with E-state index in [-0.39, 0.29) is 17.0 Å². The van der Waals surface area contributed by atoms with Crippen molar-refractivity contribution in [2.24, 2.45) is 0 Å². The molecule has 0 atom stereocenters. The van der Waals surface area contributed by atoms with Crippen LogP contribution in [0.4, 0.5) is 13.2 Å². The highest BCUT2D eigenvalue weighted by Crippen LogP contribution is 2.49. The van der Waals surface area contributed by atoms with E-state index in [0.29, 0.717) is 0 Å². The second-order valence-corrected chi connectivity index (χ2v) is 4.54. The Hall–Kier alpha value is -0.940. The van der Waals surface area contributed by atoms with E-state index in [4.69, 9.17) is 11.6 Å². The van der Waals surface area contributed by atoms with E-state index in [9.17, 15) is 18.3 Å². The molecule has 0 radical (unpaired) electrons. The monoisotopic (exact) mass is 266 g/mol. The number of ether oxygens (including phenoxy) is 1. The van der Waals surface area contributed by atoms with Gasteiger partial charge in [0.2, 0.25) is 0 Å². The Bertz CT molecular complexity index is 427. The molecule has 2 nitrogen and oxygen atoms in total. The van der Waals surface area contributed by atoms with Crippen LogP contribution in [0.25, 0.3) is 0 Å². The van der Waals surface area contributed by atoms with Crippen molar-refractivity contribution in [2.75, 3.05) is 6.61 Å². The molecular formula is C11H10ClF3O2. The molecule has 94 valence electrons. The highest BCUT2D eigenvalue weighted by molar-refractivity contribution is 6.32. The molecule has 0 heterocycles. The molecule has 1 aliphatic rings. The summed E-state index contributed by atoms with van der Waals surface area (Å²) in [6.07, 6.45) is -3.11. The fraction of sp³-hybridized carbons (Fsp3) is 0.455. The quantitative estimate of drug-likeness (QED) is 0.910. The predicted molar refractivity (Wildman–Crippen MR) is 56.1 cm³/mol. The van der Waals surface area contributed by atoms with Crippen molar-refractivity contribution in [3.8, 4) is 5.75 Å². The normalized spacial score (nSPS) is 17.9. The van der Waals surface area contributed by atoms with E-state index in [0.717, 1.165) is 18.4 Å². The lowest BCUT2D eigenvalue weighted by Gasteiger charge is -2.15. The van der Waals surface area contributed by atoms with E-state index in [2.05, 4.69) is 4.74 Å². The van der Waals surface area contributed by atoms with Crippen LogP contribution in [0.1, 0.15) is 18.4 Å². The maximum Gasteiger partial charge on any atom is 0.573 e. The van der Waals surface area contributed by atoms with Crippen molar-refractivity contribution in [1.82, 2.24) is 0 Å². The fourth-order valence-electron chi connectivity index (χ4n) is 1.73. The number of aliphatic hydroxyl groups is 1. The van der Waals surface area contributed by atoms with Gasteiger partial charge in [0.25, 0.3) is 0 Å². The van der Waals surface area contributed by atoms with Gasteiger partial charge in [0.15, 0.2) is 0 Å². The average molecular weight is 267 g/mol. The number of aliphatic hydroxyl groups excluding tert-OH is 1. The molecule has 1 aromatic rings. The van der Waals surface area contributed by atoms with Gasteiger partial charge >= 0.3 is 6.36 Å². The Labute approximate surface area is 101 Å². The van der Waals surface area contributed by atoms with Crippen LogP contribution in [0.3, 0.4) is 0 Å². The Morgan fingerprint density at radius 1 is 1.35 bits per heavy atom. The molecule has 0 unspecified atom stereocenters. The van der Waals surface area contributed by atoms with Gasteiger partial charge in [-0.25, -0.2) is 0 Å². The molecule has 6 heteroatoms. The molecule has 1 aliphatic carbocycles. The van der Waals surface area contributed by atoms with Gasteiger partial charge in [0.1, 0.15) is 5.75 Å². The first kappa shape index (κ1) is 12.5. The van der Waals surface area contributed by atoms with Crippen LogP contribution in [0.5, 0.6) is 5.75 Å². The summed E-state index contributed by atoms with van der Waals surface area (Å²) in [6, 6.07) is 4.11. The molecule has 1 saturated carbocycles. The molecule has 0 bridgehead atoms. The minimum absolute atomic E-state index is 0.0250. The van der Waals surface area contributed by atoms with Gasteiger partial charge in [0.05, 0.1) is 11.6 Å². The van der Waals surface area contributed by atoms with Crippen molar-refractivity contribution in [1.29, 1.82) is 0 Å². The van der Waals surface area contributed by atoms with Gasteiger partial charge in [-0.3, -0.25) is 0 Å². The second kappa shape index (κ2) is 4.07. The first-order valence-corrected chi connectivity index (χ1v) is 5.41. The van der Waals surface area contributed by atoms with Crippen molar-refractivity contribution >= 4 is 11.6 Å². The summed E-state index contributed by atoms with van der Waals surface area (Å²) in [5.41, 5.74) is 0.431. The summed E-state index contributed by atoms with van der Waals surface area (Å²) in [5.74, 6) is -0.420. The number of hydrogen-bond acceptors (Lipinski definition) is 2. The van der Waals surface area contributed by atoms with Crippen LogP contribution in [0.2, 0.25) is 5.02 Å². The summed E-state index contributed by atoms with van der Waals surface area (Å²) < 4.78 is 39.8. The standard InChI is InChI=1S/C11H10ClF3O2/c12-8-5-7(10(6-16)3-4-10)1-2-9(8)17-11(13,14)15/h1-2,5,16H,3-4,6H2. The fourth-order valence-corrected chi connectivity index (χ4v) is 1.95. The molecular weight excluding hydrogens is 257 g/mol. The zero-order valence-electron chi connectivity index (χ0n) is 8.72. The number of benzene rings is 1. The molecule has 1 N–H and O–H groups in total. The smallest absolute Gasteiger partial charge is 0.404 e. The Balaban J connectivity index is 2.23. The van der Waals surface area contributed by atoms with Crippen LogP contribution >= 0.6 is 11.6 Å². The highest BCUT2D eigenvalue weighted by Gasteiger charge is 2.44. The van der Waals surface area contributed by atoms with E-state index in [1.165, 1.54) is 18.2 Å². The summed E-state index contributed by atoms with van der Waals surface area (Å²) in [5, 5.41) is 9.10. The largest absolute Gasteiger partial charge is 0.573 e. The zero-order chi connectivity index (χ0) is 12.7. The molecule has 0 spiro atoms. The highest BCUT2D eigenvalue weighted by atomic mass is 35.5. The van der Waals surface area contributed by atoms with E-state index >= 15 is 0 Å². The molecule has 17 heavy (non-hydrogen) atoms. The van der Waals surface area contributed by atoms with E-state index in [1.807, 2.05) is 0 Å². The van der Waals surface area contributed by atoms with E-state index < -0.39 is 12.1 Å². The molecule has 0 amide bonds. The summed E-state index contributed by atoms with van der Waals surface area (Å²) in [4.78, 5) is 0. The molecule has 2 rings (SSSR count). The van der Waals surface area contributed by atoms with Crippen LogP contribution < -0.4 is 4.74 Å².